The molecule has 1 saturated carbocycles. The van der Waals surface area contributed by atoms with E-state index < -0.39 is 0 Å². The third-order valence-corrected chi connectivity index (χ3v) is 4.92. The van der Waals surface area contributed by atoms with Crippen molar-refractivity contribution in [1.82, 2.24) is 14.9 Å². The number of nitrogens with one attached hydrogen (secondary N) is 1. The number of aromatic nitrogens is 2. The number of hydrogen-bond donors (Lipinski definition) is 1. The number of hydrogen-bond acceptors (Lipinski definition) is 2. The van der Waals surface area contributed by atoms with Crippen LogP contribution in [-0.2, 0) is 0 Å². The van der Waals surface area contributed by atoms with Gasteiger partial charge < -0.3 is 9.88 Å². The SMILES string of the molecule is CNC1C(n2ccnc2-c2ccccc2)CCCC1(C)C. The van der Waals surface area contributed by atoms with Gasteiger partial charge in [-0.15, -0.1) is 0 Å². The molecule has 0 saturated heterocycles. The Morgan fingerprint density at radius 1 is 1.24 bits per heavy atom. The normalized spacial score (nSPS) is 24.9. The van der Waals surface area contributed by atoms with Crippen molar-refractivity contribution in [1.29, 1.82) is 0 Å². The van der Waals surface area contributed by atoms with E-state index in [1.807, 2.05) is 6.20 Å². The van der Waals surface area contributed by atoms with Crippen molar-refractivity contribution in [3.63, 3.8) is 0 Å². The van der Waals surface area contributed by atoms with E-state index in [2.05, 4.69) is 72.3 Å². The van der Waals surface area contributed by atoms with Crippen LogP contribution in [0.15, 0.2) is 42.7 Å². The number of imidazole rings is 1. The Hall–Kier alpha value is -1.61. The molecular formula is C18H25N3. The molecule has 0 radical (unpaired) electrons. The highest BCUT2D eigenvalue weighted by Crippen LogP contribution is 2.42. The summed E-state index contributed by atoms with van der Waals surface area (Å²) in [5, 5.41) is 3.56. The molecule has 1 N–H and O–H groups in total. The summed E-state index contributed by atoms with van der Waals surface area (Å²) in [6, 6.07) is 11.4. The first-order valence-corrected chi connectivity index (χ1v) is 7.89. The second kappa shape index (κ2) is 5.64. The third kappa shape index (κ3) is 2.62. The molecule has 1 aromatic heterocycles. The second-order valence-corrected chi connectivity index (χ2v) is 6.74. The summed E-state index contributed by atoms with van der Waals surface area (Å²) in [4.78, 5) is 4.61. The largest absolute Gasteiger partial charge is 0.326 e. The summed E-state index contributed by atoms with van der Waals surface area (Å²) in [6.45, 7) is 4.75. The van der Waals surface area contributed by atoms with Gasteiger partial charge in [0.15, 0.2) is 0 Å². The van der Waals surface area contributed by atoms with E-state index >= 15 is 0 Å². The van der Waals surface area contributed by atoms with Gasteiger partial charge in [0.25, 0.3) is 0 Å². The van der Waals surface area contributed by atoms with Gasteiger partial charge in [-0.05, 0) is 25.3 Å². The van der Waals surface area contributed by atoms with Gasteiger partial charge in [0.1, 0.15) is 5.82 Å². The molecule has 1 aromatic carbocycles. The van der Waals surface area contributed by atoms with Crippen LogP contribution in [-0.4, -0.2) is 22.6 Å². The van der Waals surface area contributed by atoms with Crippen molar-refractivity contribution in [3.05, 3.63) is 42.7 Å². The summed E-state index contributed by atoms with van der Waals surface area (Å²) >= 11 is 0. The lowest BCUT2D eigenvalue weighted by molar-refractivity contribution is 0.120. The molecule has 0 amide bonds. The monoisotopic (exact) mass is 283 g/mol. The lowest BCUT2D eigenvalue weighted by Crippen LogP contribution is -2.49. The molecule has 2 atom stereocenters. The minimum atomic E-state index is 0.315. The average Bonchev–Trinajstić information content (AvgIpc) is 2.96. The Bertz CT molecular complexity index is 586. The molecule has 1 aliphatic rings. The van der Waals surface area contributed by atoms with Crippen LogP contribution in [0.2, 0.25) is 0 Å². The highest BCUT2D eigenvalue weighted by Gasteiger charge is 2.39. The van der Waals surface area contributed by atoms with Crippen LogP contribution in [0.25, 0.3) is 11.4 Å². The van der Waals surface area contributed by atoms with Crippen molar-refractivity contribution in [2.24, 2.45) is 5.41 Å². The molecule has 1 aliphatic carbocycles. The first-order valence-electron chi connectivity index (χ1n) is 7.89. The maximum absolute atomic E-state index is 4.61. The quantitative estimate of drug-likeness (QED) is 0.926. The predicted molar refractivity (Wildman–Crippen MR) is 87.2 cm³/mol. The summed E-state index contributed by atoms with van der Waals surface area (Å²) in [7, 11) is 2.09. The van der Waals surface area contributed by atoms with E-state index in [0.29, 0.717) is 17.5 Å². The van der Waals surface area contributed by atoms with Crippen LogP contribution in [0, 0.1) is 5.41 Å². The Morgan fingerprint density at radius 2 is 2.00 bits per heavy atom. The van der Waals surface area contributed by atoms with Gasteiger partial charge in [-0.1, -0.05) is 50.6 Å². The van der Waals surface area contributed by atoms with Crippen LogP contribution < -0.4 is 5.32 Å². The van der Waals surface area contributed by atoms with Gasteiger partial charge in [-0.2, -0.15) is 0 Å². The molecule has 2 aromatic rings. The standard InChI is InChI=1S/C18H25N3/c1-18(2)11-7-10-15(16(18)19-3)21-13-12-20-17(21)14-8-5-4-6-9-14/h4-6,8-9,12-13,15-16,19H,7,10-11H2,1-3H3. The Balaban J connectivity index is 1.99. The lowest BCUT2D eigenvalue weighted by atomic mass is 9.70. The zero-order chi connectivity index (χ0) is 14.9. The first kappa shape index (κ1) is 14.3. The fourth-order valence-electron chi connectivity index (χ4n) is 3.88. The van der Waals surface area contributed by atoms with Crippen LogP contribution in [0.4, 0.5) is 0 Å². The maximum atomic E-state index is 4.61. The molecular weight excluding hydrogens is 258 g/mol. The molecule has 0 bridgehead atoms. The van der Waals surface area contributed by atoms with Crippen LogP contribution in [0.3, 0.4) is 0 Å². The lowest BCUT2D eigenvalue weighted by Gasteiger charge is -2.44. The van der Waals surface area contributed by atoms with E-state index in [1.54, 1.807) is 0 Å². The maximum Gasteiger partial charge on any atom is 0.140 e. The Kier molecular flexibility index (Phi) is 3.85. The molecule has 0 spiro atoms. The molecule has 3 rings (SSSR count). The fourth-order valence-corrected chi connectivity index (χ4v) is 3.88. The highest BCUT2D eigenvalue weighted by molar-refractivity contribution is 5.55. The minimum absolute atomic E-state index is 0.315. The van der Waals surface area contributed by atoms with E-state index in [1.165, 1.54) is 24.8 Å². The van der Waals surface area contributed by atoms with Gasteiger partial charge in [0.2, 0.25) is 0 Å². The number of benzene rings is 1. The molecule has 0 aliphatic heterocycles. The minimum Gasteiger partial charge on any atom is -0.326 e. The van der Waals surface area contributed by atoms with Gasteiger partial charge >= 0.3 is 0 Å². The molecule has 1 heterocycles. The van der Waals surface area contributed by atoms with Crippen LogP contribution >= 0.6 is 0 Å². The van der Waals surface area contributed by atoms with Crippen LogP contribution in [0.1, 0.15) is 39.2 Å². The van der Waals surface area contributed by atoms with E-state index in [9.17, 15) is 0 Å². The van der Waals surface area contributed by atoms with E-state index in [4.69, 9.17) is 0 Å². The topological polar surface area (TPSA) is 29.9 Å². The molecule has 1 fully saturated rings. The molecule has 3 nitrogen and oxygen atoms in total. The number of likely N-dealkylation sites (N-methyl/N-ethyl adjacent to an activating group) is 1. The zero-order valence-electron chi connectivity index (χ0n) is 13.2. The molecule has 3 heteroatoms. The molecule has 2 unspecified atom stereocenters. The zero-order valence-corrected chi connectivity index (χ0v) is 13.2. The van der Waals surface area contributed by atoms with Gasteiger partial charge in [0.05, 0.1) is 6.04 Å². The van der Waals surface area contributed by atoms with Gasteiger partial charge in [-0.25, -0.2) is 4.98 Å². The van der Waals surface area contributed by atoms with Crippen molar-refractivity contribution >= 4 is 0 Å². The highest BCUT2D eigenvalue weighted by atomic mass is 15.1. The third-order valence-electron chi connectivity index (χ3n) is 4.92. The van der Waals surface area contributed by atoms with E-state index in [-0.39, 0.29) is 0 Å². The number of nitrogens with zero attached hydrogens (tertiary/aromatic N) is 2. The smallest absolute Gasteiger partial charge is 0.140 e. The van der Waals surface area contributed by atoms with Crippen molar-refractivity contribution in [2.45, 2.75) is 45.2 Å². The number of rotatable bonds is 3. The Labute approximate surface area is 127 Å². The first-order chi connectivity index (χ1) is 10.1. The predicted octanol–water partition coefficient (Wildman–Crippen LogP) is 3.89. The summed E-state index contributed by atoms with van der Waals surface area (Å²) in [5.41, 5.74) is 1.51. The summed E-state index contributed by atoms with van der Waals surface area (Å²) < 4.78 is 2.37. The second-order valence-electron chi connectivity index (χ2n) is 6.74. The molecule has 112 valence electrons. The van der Waals surface area contributed by atoms with Crippen LogP contribution in [0.5, 0.6) is 0 Å². The fraction of sp³-hybridized carbons (Fsp3) is 0.500. The molecule has 21 heavy (non-hydrogen) atoms. The van der Waals surface area contributed by atoms with Gasteiger partial charge in [-0.3, -0.25) is 0 Å². The van der Waals surface area contributed by atoms with Crippen molar-refractivity contribution in [3.8, 4) is 11.4 Å². The van der Waals surface area contributed by atoms with E-state index in [0.717, 1.165) is 5.82 Å². The summed E-state index contributed by atoms with van der Waals surface area (Å²) in [6.07, 6.45) is 7.84. The average molecular weight is 283 g/mol. The van der Waals surface area contributed by atoms with Crippen molar-refractivity contribution < 1.29 is 0 Å². The van der Waals surface area contributed by atoms with Gasteiger partial charge in [0, 0.05) is 24.0 Å². The van der Waals surface area contributed by atoms with Crippen molar-refractivity contribution in [2.75, 3.05) is 7.05 Å². The Morgan fingerprint density at radius 3 is 2.71 bits per heavy atom. The summed E-state index contributed by atoms with van der Waals surface area (Å²) in [5.74, 6) is 1.08.